The number of nitrogens with one attached hydrogen (secondary N) is 1. The summed E-state index contributed by atoms with van der Waals surface area (Å²) in [6, 6.07) is 7.59. The maximum Gasteiger partial charge on any atom is 0.254 e. The molecule has 1 aliphatic heterocycles. The van der Waals surface area contributed by atoms with E-state index in [1.165, 1.54) is 14.2 Å². The van der Waals surface area contributed by atoms with Gasteiger partial charge in [-0.1, -0.05) is 29.3 Å². The molecule has 0 fully saturated rings. The van der Waals surface area contributed by atoms with E-state index in [1.54, 1.807) is 12.3 Å². The Kier molecular flexibility index (Phi) is 6.02. The summed E-state index contributed by atoms with van der Waals surface area (Å²) in [6.07, 6.45) is 2.48. The average molecular weight is 512 g/mol. The highest BCUT2D eigenvalue weighted by molar-refractivity contribution is 6.40. The number of aromatic amines is 1. The third kappa shape index (κ3) is 3.86. The number of aromatic nitrogens is 4. The summed E-state index contributed by atoms with van der Waals surface area (Å²) in [6.45, 7) is 4.76. The van der Waals surface area contributed by atoms with Gasteiger partial charge in [0.25, 0.3) is 5.91 Å². The van der Waals surface area contributed by atoms with Gasteiger partial charge in [-0.15, -0.1) is 0 Å². The fraction of sp³-hybridized carbons (Fsp3) is 0.280. The Morgan fingerprint density at radius 2 is 1.80 bits per heavy atom. The van der Waals surface area contributed by atoms with Gasteiger partial charge in [0.1, 0.15) is 17.2 Å². The average Bonchev–Trinajstić information content (AvgIpc) is 3.27. The van der Waals surface area contributed by atoms with E-state index in [0.717, 1.165) is 28.5 Å². The van der Waals surface area contributed by atoms with Crippen molar-refractivity contribution in [3.63, 3.8) is 0 Å². The van der Waals surface area contributed by atoms with Crippen LogP contribution < -0.4 is 9.47 Å². The van der Waals surface area contributed by atoms with Gasteiger partial charge in [0, 0.05) is 36.0 Å². The molecule has 5 rings (SSSR count). The van der Waals surface area contributed by atoms with Crippen LogP contribution in [0.1, 0.15) is 29.8 Å². The van der Waals surface area contributed by atoms with Crippen molar-refractivity contribution in [3.8, 4) is 34.1 Å². The number of amides is 1. The number of carbonyl (C=O) groups is 1. The molecule has 0 saturated carbocycles. The number of benzene rings is 2. The lowest BCUT2D eigenvalue weighted by molar-refractivity contribution is 0.0688. The van der Waals surface area contributed by atoms with Gasteiger partial charge in [-0.3, -0.25) is 9.89 Å². The minimum atomic E-state index is 0.0649. The van der Waals surface area contributed by atoms with Gasteiger partial charge >= 0.3 is 0 Å². The first kappa shape index (κ1) is 23.4. The third-order valence-corrected chi connectivity index (χ3v) is 6.98. The first-order valence-corrected chi connectivity index (χ1v) is 11.8. The van der Waals surface area contributed by atoms with E-state index in [9.17, 15) is 4.79 Å². The number of ether oxygens (including phenoxy) is 2. The predicted molar refractivity (Wildman–Crippen MR) is 136 cm³/mol. The molecular weight excluding hydrogens is 489 g/mol. The Morgan fingerprint density at radius 1 is 1.09 bits per heavy atom. The number of hydrogen-bond acceptors (Lipinski definition) is 6. The predicted octanol–water partition coefficient (Wildman–Crippen LogP) is 5.42. The molecule has 0 aliphatic carbocycles. The molecule has 2 aromatic carbocycles. The second-order valence-corrected chi connectivity index (χ2v) is 9.28. The third-order valence-electron chi connectivity index (χ3n) is 6.23. The van der Waals surface area contributed by atoms with Gasteiger partial charge in [-0.25, -0.2) is 9.97 Å². The molecular formula is C25H23Cl2N5O3. The van der Waals surface area contributed by atoms with E-state index in [4.69, 9.17) is 32.7 Å². The molecule has 4 aromatic rings. The monoisotopic (exact) mass is 511 g/mol. The van der Waals surface area contributed by atoms with Crippen molar-refractivity contribution in [1.82, 2.24) is 25.1 Å². The SMILES string of the molecule is COc1cc(OC)c(Cl)c(-c2ncc3c(-c4ccc5c(c4)CCN(C(C)C)C5=O)n[nH]c3n2)c1Cl. The summed E-state index contributed by atoms with van der Waals surface area (Å²) in [5.74, 6) is 1.17. The highest BCUT2D eigenvalue weighted by atomic mass is 35.5. The van der Waals surface area contributed by atoms with E-state index in [1.807, 2.05) is 36.9 Å². The molecule has 0 atom stereocenters. The van der Waals surface area contributed by atoms with Crippen LogP contribution in [0.4, 0.5) is 0 Å². The Labute approximate surface area is 212 Å². The van der Waals surface area contributed by atoms with Crippen molar-refractivity contribution in [3.05, 3.63) is 51.6 Å². The molecule has 0 radical (unpaired) electrons. The molecule has 10 heteroatoms. The van der Waals surface area contributed by atoms with Crippen LogP contribution in [0.25, 0.3) is 33.7 Å². The molecule has 0 unspecified atom stereocenters. The van der Waals surface area contributed by atoms with Crippen molar-refractivity contribution in [2.24, 2.45) is 0 Å². The van der Waals surface area contributed by atoms with Gasteiger partial charge in [-0.05, 0) is 38.0 Å². The van der Waals surface area contributed by atoms with Crippen LogP contribution >= 0.6 is 23.2 Å². The molecule has 35 heavy (non-hydrogen) atoms. The van der Waals surface area contributed by atoms with Crippen molar-refractivity contribution in [2.45, 2.75) is 26.3 Å². The molecule has 1 N–H and O–H groups in total. The zero-order valence-corrected chi connectivity index (χ0v) is 21.2. The van der Waals surface area contributed by atoms with Crippen LogP contribution in [0.3, 0.4) is 0 Å². The van der Waals surface area contributed by atoms with Gasteiger partial charge < -0.3 is 14.4 Å². The van der Waals surface area contributed by atoms with Gasteiger partial charge in [0.2, 0.25) is 0 Å². The summed E-state index contributed by atoms with van der Waals surface area (Å²) < 4.78 is 10.7. The maximum absolute atomic E-state index is 12.8. The lowest BCUT2D eigenvalue weighted by Gasteiger charge is -2.32. The lowest BCUT2D eigenvalue weighted by atomic mass is 9.94. The number of halogens is 2. The number of methoxy groups -OCH3 is 2. The standard InChI is InChI=1S/C25H23Cl2N5O3/c1-12(2)32-8-7-13-9-14(5-6-15(13)25(32)33)22-16-11-28-24(29-23(16)31-30-22)19-20(26)17(34-3)10-18(35-4)21(19)27/h5-6,9-12H,7-8H2,1-4H3,(H,28,29,30,31). The Hall–Kier alpha value is -3.36. The quantitative estimate of drug-likeness (QED) is 0.384. The Bertz CT molecular complexity index is 1440. The van der Waals surface area contributed by atoms with Gasteiger partial charge in [0.15, 0.2) is 11.5 Å². The molecule has 0 spiro atoms. The molecule has 180 valence electrons. The fourth-order valence-corrected chi connectivity index (χ4v) is 5.05. The van der Waals surface area contributed by atoms with Crippen molar-refractivity contribution >= 4 is 40.1 Å². The van der Waals surface area contributed by atoms with Crippen LogP contribution in [-0.2, 0) is 6.42 Å². The van der Waals surface area contributed by atoms with E-state index >= 15 is 0 Å². The van der Waals surface area contributed by atoms with E-state index in [2.05, 4.69) is 20.2 Å². The van der Waals surface area contributed by atoms with Crippen LogP contribution in [0.5, 0.6) is 11.5 Å². The lowest BCUT2D eigenvalue weighted by Crippen LogP contribution is -2.42. The number of fused-ring (bicyclic) bond motifs is 2. The van der Waals surface area contributed by atoms with E-state index in [0.29, 0.717) is 40.8 Å². The number of nitrogens with zero attached hydrogens (tertiary/aromatic N) is 4. The maximum atomic E-state index is 12.8. The Balaban J connectivity index is 1.56. The first-order valence-electron chi connectivity index (χ1n) is 11.1. The van der Waals surface area contributed by atoms with E-state index < -0.39 is 0 Å². The zero-order chi connectivity index (χ0) is 24.9. The summed E-state index contributed by atoms with van der Waals surface area (Å²) in [5, 5.41) is 8.77. The molecule has 0 bridgehead atoms. The smallest absolute Gasteiger partial charge is 0.254 e. The highest BCUT2D eigenvalue weighted by Crippen LogP contribution is 2.45. The second kappa shape index (κ2) is 9.02. The zero-order valence-electron chi connectivity index (χ0n) is 19.6. The summed E-state index contributed by atoms with van der Waals surface area (Å²) in [4.78, 5) is 23.9. The number of H-pyrrole nitrogens is 1. The number of carbonyl (C=O) groups excluding carboxylic acids is 1. The van der Waals surface area contributed by atoms with E-state index in [-0.39, 0.29) is 22.0 Å². The van der Waals surface area contributed by atoms with Crippen molar-refractivity contribution in [2.75, 3.05) is 20.8 Å². The summed E-state index contributed by atoms with van der Waals surface area (Å²) in [5.41, 5.74) is 4.27. The fourth-order valence-electron chi connectivity index (χ4n) is 4.38. The molecule has 1 amide bonds. The minimum absolute atomic E-state index is 0.0649. The Morgan fingerprint density at radius 3 is 2.46 bits per heavy atom. The highest BCUT2D eigenvalue weighted by Gasteiger charge is 2.27. The number of hydrogen-bond donors (Lipinski definition) is 1. The second-order valence-electron chi connectivity index (χ2n) is 8.53. The van der Waals surface area contributed by atoms with Crippen LogP contribution in [0, 0.1) is 0 Å². The summed E-state index contributed by atoms with van der Waals surface area (Å²) in [7, 11) is 3.02. The van der Waals surface area contributed by atoms with Crippen molar-refractivity contribution in [1.29, 1.82) is 0 Å². The van der Waals surface area contributed by atoms with Crippen LogP contribution in [0.15, 0.2) is 30.5 Å². The normalized spacial score (nSPS) is 13.5. The van der Waals surface area contributed by atoms with Crippen LogP contribution in [-0.4, -0.2) is 57.8 Å². The molecule has 3 heterocycles. The minimum Gasteiger partial charge on any atom is -0.495 e. The largest absolute Gasteiger partial charge is 0.495 e. The molecule has 8 nitrogen and oxygen atoms in total. The first-order chi connectivity index (χ1) is 16.8. The molecule has 0 saturated heterocycles. The topological polar surface area (TPSA) is 93.2 Å². The number of rotatable bonds is 5. The van der Waals surface area contributed by atoms with Crippen LogP contribution in [0.2, 0.25) is 10.0 Å². The van der Waals surface area contributed by atoms with Crippen molar-refractivity contribution < 1.29 is 14.3 Å². The molecule has 1 aliphatic rings. The summed E-state index contributed by atoms with van der Waals surface area (Å²) >= 11 is 13.1. The van der Waals surface area contributed by atoms with Gasteiger partial charge in [0.05, 0.1) is 35.2 Å². The van der Waals surface area contributed by atoms with Gasteiger partial charge in [-0.2, -0.15) is 5.10 Å². The molecule has 2 aromatic heterocycles.